The first kappa shape index (κ1) is 17.5. The number of aromatic nitrogens is 3. The largest absolute Gasteiger partial charge is 0.444 e. The van der Waals surface area contributed by atoms with E-state index in [9.17, 15) is 8.42 Å². The molecule has 4 rings (SSSR count). The molecular weight excluding hydrogens is 362 g/mol. The predicted octanol–water partition coefficient (Wildman–Crippen LogP) is 3.59. The number of benzene rings is 2. The highest BCUT2D eigenvalue weighted by atomic mass is 32.2. The molecule has 0 aliphatic carbocycles. The van der Waals surface area contributed by atoms with Gasteiger partial charge in [-0.05, 0) is 31.2 Å². The minimum atomic E-state index is -3.21. The Labute approximate surface area is 157 Å². The molecule has 2 heterocycles. The summed E-state index contributed by atoms with van der Waals surface area (Å²) in [4.78, 5) is 9.06. The van der Waals surface area contributed by atoms with Gasteiger partial charge in [-0.15, -0.1) is 0 Å². The van der Waals surface area contributed by atoms with Gasteiger partial charge in [0.15, 0.2) is 9.84 Å². The molecule has 7 heteroatoms. The highest BCUT2D eigenvalue weighted by Gasteiger charge is 2.17. The standard InChI is InChI=1S/C20H19N3O3S/c1-14-7-9-15(10-8-14)20-21-16(12-26-20)11-23-18-6-4-3-5-17(18)22-19(23)13-27(2,24)25/h3-10,12H,11,13H2,1-2H3. The third-order valence-corrected chi connectivity index (χ3v) is 5.08. The Morgan fingerprint density at radius 3 is 2.52 bits per heavy atom. The number of hydrogen-bond donors (Lipinski definition) is 0. The van der Waals surface area contributed by atoms with Crippen LogP contribution in [0.2, 0.25) is 0 Å². The Hall–Kier alpha value is -2.93. The van der Waals surface area contributed by atoms with Crippen LogP contribution in [-0.4, -0.2) is 29.2 Å². The van der Waals surface area contributed by atoms with Gasteiger partial charge in [-0.25, -0.2) is 18.4 Å². The van der Waals surface area contributed by atoms with Crippen molar-refractivity contribution in [3.8, 4) is 11.5 Å². The van der Waals surface area contributed by atoms with Crippen LogP contribution in [0.25, 0.3) is 22.5 Å². The van der Waals surface area contributed by atoms with E-state index < -0.39 is 9.84 Å². The summed E-state index contributed by atoms with van der Waals surface area (Å²) in [5.74, 6) is 0.919. The molecule has 0 aliphatic rings. The van der Waals surface area contributed by atoms with E-state index in [1.54, 1.807) is 6.26 Å². The summed E-state index contributed by atoms with van der Waals surface area (Å²) < 4.78 is 31.1. The number of sulfone groups is 1. The zero-order valence-corrected chi connectivity index (χ0v) is 15.9. The lowest BCUT2D eigenvalue weighted by Gasteiger charge is -2.06. The highest BCUT2D eigenvalue weighted by molar-refractivity contribution is 7.89. The minimum absolute atomic E-state index is 0.121. The first-order valence-corrected chi connectivity index (χ1v) is 10.6. The van der Waals surface area contributed by atoms with Gasteiger partial charge < -0.3 is 8.98 Å². The summed E-state index contributed by atoms with van der Waals surface area (Å²) >= 11 is 0. The molecule has 138 valence electrons. The number of para-hydroxylation sites is 2. The summed E-state index contributed by atoms with van der Waals surface area (Å²) in [5.41, 5.74) is 4.41. The van der Waals surface area contributed by atoms with Crippen LogP contribution in [0.5, 0.6) is 0 Å². The first-order chi connectivity index (χ1) is 12.9. The zero-order chi connectivity index (χ0) is 19.0. The number of aryl methyl sites for hydroxylation is 1. The SMILES string of the molecule is Cc1ccc(-c2nc(Cn3c(CS(C)(=O)=O)nc4ccccc43)co2)cc1. The fourth-order valence-electron chi connectivity index (χ4n) is 3.02. The molecule has 0 N–H and O–H groups in total. The summed E-state index contributed by atoms with van der Waals surface area (Å²) in [6.45, 7) is 2.42. The van der Waals surface area contributed by atoms with Crippen molar-refractivity contribution in [2.45, 2.75) is 19.2 Å². The molecule has 0 spiro atoms. The predicted molar refractivity (Wildman–Crippen MR) is 104 cm³/mol. The molecule has 0 amide bonds. The molecular formula is C20H19N3O3S. The van der Waals surface area contributed by atoms with Gasteiger partial charge in [0.2, 0.25) is 5.89 Å². The van der Waals surface area contributed by atoms with Crippen LogP contribution in [0.4, 0.5) is 0 Å². The van der Waals surface area contributed by atoms with Gasteiger partial charge in [-0.2, -0.15) is 0 Å². The van der Waals surface area contributed by atoms with Crippen molar-refractivity contribution in [3.63, 3.8) is 0 Å². The number of nitrogens with zero attached hydrogens (tertiary/aromatic N) is 3. The van der Waals surface area contributed by atoms with E-state index in [0.29, 0.717) is 24.0 Å². The van der Waals surface area contributed by atoms with Gasteiger partial charge in [0.25, 0.3) is 0 Å². The van der Waals surface area contributed by atoms with Gasteiger partial charge in [-0.3, -0.25) is 0 Å². The maximum Gasteiger partial charge on any atom is 0.226 e. The second kappa shape index (κ2) is 6.66. The van der Waals surface area contributed by atoms with E-state index >= 15 is 0 Å². The third-order valence-electron chi connectivity index (χ3n) is 4.30. The quantitative estimate of drug-likeness (QED) is 0.528. The first-order valence-electron chi connectivity index (χ1n) is 8.52. The van der Waals surface area contributed by atoms with E-state index in [0.717, 1.165) is 16.6 Å². The van der Waals surface area contributed by atoms with Crippen molar-refractivity contribution in [1.29, 1.82) is 0 Å². The van der Waals surface area contributed by atoms with Crippen molar-refractivity contribution in [2.75, 3.05) is 6.26 Å². The maximum absolute atomic E-state index is 11.8. The normalized spacial score (nSPS) is 11.9. The fourth-order valence-corrected chi connectivity index (χ4v) is 3.71. The van der Waals surface area contributed by atoms with Crippen molar-refractivity contribution in [3.05, 3.63) is 71.9 Å². The fraction of sp³-hybridized carbons (Fsp3) is 0.200. The Bertz CT molecular complexity index is 1200. The van der Waals surface area contributed by atoms with E-state index in [1.165, 1.54) is 11.8 Å². The van der Waals surface area contributed by atoms with Crippen molar-refractivity contribution in [2.24, 2.45) is 0 Å². The van der Waals surface area contributed by atoms with Crippen LogP contribution in [-0.2, 0) is 22.1 Å². The second-order valence-electron chi connectivity index (χ2n) is 6.68. The van der Waals surface area contributed by atoms with Crippen LogP contribution < -0.4 is 0 Å². The van der Waals surface area contributed by atoms with Crippen LogP contribution in [0.3, 0.4) is 0 Å². The van der Waals surface area contributed by atoms with Gasteiger partial charge in [-0.1, -0.05) is 29.8 Å². The number of fused-ring (bicyclic) bond motifs is 1. The highest BCUT2D eigenvalue weighted by Crippen LogP contribution is 2.22. The summed E-state index contributed by atoms with van der Waals surface area (Å²) in [5, 5.41) is 0. The van der Waals surface area contributed by atoms with Gasteiger partial charge in [0, 0.05) is 11.8 Å². The van der Waals surface area contributed by atoms with E-state index in [-0.39, 0.29) is 5.75 Å². The summed E-state index contributed by atoms with van der Waals surface area (Å²) in [6, 6.07) is 15.5. The lowest BCUT2D eigenvalue weighted by atomic mass is 10.1. The Balaban J connectivity index is 1.71. The Morgan fingerprint density at radius 1 is 1.04 bits per heavy atom. The molecule has 2 aromatic heterocycles. The molecule has 4 aromatic rings. The average Bonchev–Trinajstić information content (AvgIpc) is 3.20. The zero-order valence-electron chi connectivity index (χ0n) is 15.1. The van der Waals surface area contributed by atoms with Crippen molar-refractivity contribution >= 4 is 20.9 Å². The lowest BCUT2D eigenvalue weighted by molar-refractivity contribution is 0.571. The van der Waals surface area contributed by atoms with Crippen LogP contribution >= 0.6 is 0 Å². The minimum Gasteiger partial charge on any atom is -0.444 e. The number of oxazole rings is 1. The third kappa shape index (κ3) is 3.78. The van der Waals surface area contributed by atoms with Gasteiger partial charge in [0.1, 0.15) is 17.8 Å². The van der Waals surface area contributed by atoms with E-state index in [4.69, 9.17) is 4.42 Å². The smallest absolute Gasteiger partial charge is 0.226 e. The molecule has 6 nitrogen and oxygen atoms in total. The molecule has 0 saturated carbocycles. The van der Waals surface area contributed by atoms with Crippen LogP contribution in [0.15, 0.2) is 59.2 Å². The average molecular weight is 381 g/mol. The molecule has 0 atom stereocenters. The number of imidazole rings is 1. The molecule has 2 aromatic carbocycles. The van der Waals surface area contributed by atoms with Crippen LogP contribution in [0, 0.1) is 6.92 Å². The van der Waals surface area contributed by atoms with Crippen LogP contribution in [0.1, 0.15) is 17.1 Å². The summed E-state index contributed by atoms with van der Waals surface area (Å²) in [6.07, 6.45) is 2.82. The topological polar surface area (TPSA) is 78.0 Å². The molecule has 0 unspecified atom stereocenters. The Morgan fingerprint density at radius 2 is 1.78 bits per heavy atom. The molecule has 27 heavy (non-hydrogen) atoms. The molecule has 0 bridgehead atoms. The lowest BCUT2D eigenvalue weighted by Crippen LogP contribution is -2.10. The van der Waals surface area contributed by atoms with E-state index in [1.807, 2.05) is 60.0 Å². The van der Waals surface area contributed by atoms with Gasteiger partial charge in [0.05, 0.1) is 23.3 Å². The van der Waals surface area contributed by atoms with Crippen molar-refractivity contribution < 1.29 is 12.8 Å². The molecule has 0 aliphatic heterocycles. The Kier molecular flexibility index (Phi) is 4.31. The summed E-state index contributed by atoms with van der Waals surface area (Å²) in [7, 11) is -3.21. The molecule has 0 saturated heterocycles. The monoisotopic (exact) mass is 381 g/mol. The van der Waals surface area contributed by atoms with Gasteiger partial charge >= 0.3 is 0 Å². The number of hydrogen-bond acceptors (Lipinski definition) is 5. The van der Waals surface area contributed by atoms with Crippen molar-refractivity contribution in [1.82, 2.24) is 14.5 Å². The van der Waals surface area contributed by atoms with E-state index in [2.05, 4.69) is 9.97 Å². The molecule has 0 fully saturated rings. The second-order valence-corrected chi connectivity index (χ2v) is 8.82. The maximum atomic E-state index is 11.8. The number of rotatable bonds is 5. The molecule has 0 radical (unpaired) electrons.